The third-order valence-electron chi connectivity index (χ3n) is 2.85. The Morgan fingerprint density at radius 2 is 2.35 bits per heavy atom. The Kier molecular flexibility index (Phi) is 5.17. The highest BCUT2D eigenvalue weighted by Crippen LogP contribution is 2.12. The molecule has 0 radical (unpaired) electrons. The fraction of sp³-hybridized carbons (Fsp3) is 0.692. The SMILES string of the molecule is CCCNC(C)(C#N)CCCn1ccc(C)n1. The molecule has 0 aliphatic carbocycles. The first kappa shape index (κ1) is 13.7. The number of nitrogens with one attached hydrogen (secondary N) is 1. The Labute approximate surface area is 104 Å². The van der Waals surface area contributed by atoms with Gasteiger partial charge in [0, 0.05) is 12.7 Å². The monoisotopic (exact) mass is 234 g/mol. The highest BCUT2D eigenvalue weighted by molar-refractivity contribution is 5.03. The van der Waals surface area contributed by atoms with Gasteiger partial charge in [0.25, 0.3) is 0 Å². The highest BCUT2D eigenvalue weighted by atomic mass is 15.3. The van der Waals surface area contributed by atoms with Crippen LogP contribution in [0, 0.1) is 18.3 Å². The Morgan fingerprint density at radius 1 is 1.59 bits per heavy atom. The van der Waals surface area contributed by atoms with Crippen LogP contribution >= 0.6 is 0 Å². The van der Waals surface area contributed by atoms with Gasteiger partial charge in [0.05, 0.1) is 11.8 Å². The zero-order valence-electron chi connectivity index (χ0n) is 11.0. The van der Waals surface area contributed by atoms with Gasteiger partial charge in [-0.2, -0.15) is 10.4 Å². The molecule has 1 atom stereocenters. The second kappa shape index (κ2) is 6.41. The van der Waals surface area contributed by atoms with E-state index < -0.39 is 5.54 Å². The molecule has 0 spiro atoms. The average Bonchev–Trinajstić information content (AvgIpc) is 2.72. The summed E-state index contributed by atoms with van der Waals surface area (Å²) in [6.07, 6.45) is 4.85. The molecule has 0 saturated heterocycles. The maximum absolute atomic E-state index is 9.18. The van der Waals surface area contributed by atoms with Crippen LogP contribution in [0.4, 0.5) is 0 Å². The summed E-state index contributed by atoms with van der Waals surface area (Å²) in [6.45, 7) is 7.83. The second-order valence-corrected chi connectivity index (χ2v) is 4.69. The van der Waals surface area contributed by atoms with E-state index in [4.69, 9.17) is 0 Å². The minimum absolute atomic E-state index is 0.405. The number of hydrogen-bond acceptors (Lipinski definition) is 3. The lowest BCUT2D eigenvalue weighted by Gasteiger charge is -2.22. The first-order valence-corrected chi connectivity index (χ1v) is 6.26. The Morgan fingerprint density at radius 3 is 2.88 bits per heavy atom. The smallest absolute Gasteiger partial charge is 0.103 e. The normalized spacial score (nSPS) is 14.2. The number of aromatic nitrogens is 2. The quantitative estimate of drug-likeness (QED) is 0.787. The molecule has 1 N–H and O–H groups in total. The van der Waals surface area contributed by atoms with Crippen LogP contribution in [0.25, 0.3) is 0 Å². The van der Waals surface area contributed by atoms with Crippen molar-refractivity contribution in [2.75, 3.05) is 6.54 Å². The van der Waals surface area contributed by atoms with Crippen LogP contribution in [0.15, 0.2) is 12.3 Å². The zero-order valence-corrected chi connectivity index (χ0v) is 11.0. The Bertz CT molecular complexity index is 377. The molecule has 0 aromatic carbocycles. The van der Waals surface area contributed by atoms with Gasteiger partial charge in [-0.25, -0.2) is 0 Å². The summed E-state index contributed by atoms with van der Waals surface area (Å²) in [4.78, 5) is 0. The van der Waals surface area contributed by atoms with Crippen LogP contribution in [-0.2, 0) is 6.54 Å². The van der Waals surface area contributed by atoms with E-state index in [9.17, 15) is 5.26 Å². The lowest BCUT2D eigenvalue weighted by atomic mass is 9.97. The van der Waals surface area contributed by atoms with Gasteiger partial charge < -0.3 is 0 Å². The molecule has 0 fully saturated rings. The van der Waals surface area contributed by atoms with Crippen LogP contribution < -0.4 is 5.32 Å². The summed E-state index contributed by atoms with van der Waals surface area (Å²) in [6, 6.07) is 4.36. The molecule has 17 heavy (non-hydrogen) atoms. The number of rotatable bonds is 7. The third kappa shape index (κ3) is 4.58. The summed E-state index contributed by atoms with van der Waals surface area (Å²) in [7, 11) is 0. The second-order valence-electron chi connectivity index (χ2n) is 4.69. The molecular formula is C13H22N4. The minimum atomic E-state index is -0.405. The van der Waals surface area contributed by atoms with E-state index in [1.165, 1.54) is 0 Å². The van der Waals surface area contributed by atoms with E-state index in [0.29, 0.717) is 0 Å². The highest BCUT2D eigenvalue weighted by Gasteiger charge is 2.21. The number of nitriles is 1. The van der Waals surface area contributed by atoms with Gasteiger partial charge in [-0.15, -0.1) is 0 Å². The third-order valence-corrected chi connectivity index (χ3v) is 2.85. The van der Waals surface area contributed by atoms with Crippen molar-refractivity contribution in [1.82, 2.24) is 15.1 Å². The summed E-state index contributed by atoms with van der Waals surface area (Å²) >= 11 is 0. The standard InChI is InChI=1S/C13H22N4/c1-4-8-15-13(3,11-14)7-5-9-17-10-6-12(2)16-17/h6,10,15H,4-5,7-9H2,1-3H3. The average molecular weight is 234 g/mol. The molecule has 0 saturated carbocycles. The van der Waals surface area contributed by atoms with E-state index >= 15 is 0 Å². The lowest BCUT2D eigenvalue weighted by molar-refractivity contribution is 0.389. The van der Waals surface area contributed by atoms with Crippen molar-refractivity contribution in [1.29, 1.82) is 5.26 Å². The van der Waals surface area contributed by atoms with Gasteiger partial charge in [0.1, 0.15) is 5.54 Å². The zero-order chi connectivity index (χ0) is 12.7. The van der Waals surface area contributed by atoms with Crippen molar-refractivity contribution in [3.8, 4) is 6.07 Å². The summed E-state index contributed by atoms with van der Waals surface area (Å²) in [5.74, 6) is 0. The first-order chi connectivity index (χ1) is 8.09. The van der Waals surface area contributed by atoms with Gasteiger partial charge in [0.15, 0.2) is 0 Å². The molecule has 4 heteroatoms. The fourth-order valence-electron chi connectivity index (χ4n) is 1.77. The molecule has 94 valence electrons. The molecule has 0 amide bonds. The van der Waals surface area contributed by atoms with E-state index in [0.717, 1.165) is 38.0 Å². The molecule has 1 rings (SSSR count). The van der Waals surface area contributed by atoms with Crippen molar-refractivity contribution in [3.63, 3.8) is 0 Å². The molecule has 1 unspecified atom stereocenters. The van der Waals surface area contributed by atoms with Crippen molar-refractivity contribution >= 4 is 0 Å². The minimum Gasteiger partial charge on any atom is -0.300 e. The fourth-order valence-corrected chi connectivity index (χ4v) is 1.77. The number of aryl methyl sites for hydroxylation is 2. The van der Waals surface area contributed by atoms with E-state index in [1.807, 2.05) is 30.8 Å². The van der Waals surface area contributed by atoms with E-state index in [-0.39, 0.29) is 0 Å². The van der Waals surface area contributed by atoms with Crippen LogP contribution in [0.2, 0.25) is 0 Å². The van der Waals surface area contributed by atoms with Crippen LogP contribution in [0.5, 0.6) is 0 Å². The van der Waals surface area contributed by atoms with Crippen LogP contribution in [0.1, 0.15) is 38.8 Å². The first-order valence-electron chi connectivity index (χ1n) is 6.26. The molecule has 0 aliphatic rings. The largest absolute Gasteiger partial charge is 0.300 e. The molecule has 0 bridgehead atoms. The van der Waals surface area contributed by atoms with E-state index in [2.05, 4.69) is 23.4 Å². The molecule has 0 aliphatic heterocycles. The number of hydrogen-bond donors (Lipinski definition) is 1. The van der Waals surface area contributed by atoms with Crippen molar-refractivity contribution in [2.24, 2.45) is 0 Å². The summed E-state index contributed by atoms with van der Waals surface area (Å²) in [5, 5.41) is 16.8. The van der Waals surface area contributed by atoms with Crippen LogP contribution in [0.3, 0.4) is 0 Å². The van der Waals surface area contributed by atoms with Crippen molar-refractivity contribution in [3.05, 3.63) is 18.0 Å². The Hall–Kier alpha value is -1.34. The molecule has 1 heterocycles. The van der Waals surface area contributed by atoms with Gasteiger partial charge in [-0.05, 0) is 45.7 Å². The predicted molar refractivity (Wildman–Crippen MR) is 68.5 cm³/mol. The van der Waals surface area contributed by atoms with Gasteiger partial charge in [-0.3, -0.25) is 10.00 Å². The lowest BCUT2D eigenvalue weighted by Crippen LogP contribution is -2.41. The summed E-state index contributed by atoms with van der Waals surface area (Å²) in [5.41, 5.74) is 0.634. The van der Waals surface area contributed by atoms with Gasteiger partial charge in [0.2, 0.25) is 0 Å². The molecule has 4 nitrogen and oxygen atoms in total. The topological polar surface area (TPSA) is 53.6 Å². The van der Waals surface area contributed by atoms with Gasteiger partial charge in [-0.1, -0.05) is 6.92 Å². The maximum Gasteiger partial charge on any atom is 0.103 e. The number of nitrogens with zero attached hydrogens (tertiary/aromatic N) is 3. The van der Waals surface area contributed by atoms with Crippen LogP contribution in [-0.4, -0.2) is 21.9 Å². The van der Waals surface area contributed by atoms with Crippen molar-refractivity contribution in [2.45, 2.75) is 52.1 Å². The summed E-state index contributed by atoms with van der Waals surface area (Å²) < 4.78 is 1.94. The predicted octanol–water partition coefficient (Wildman–Crippen LogP) is 2.25. The molecule has 1 aromatic heterocycles. The molecular weight excluding hydrogens is 212 g/mol. The van der Waals surface area contributed by atoms with Crippen molar-refractivity contribution < 1.29 is 0 Å². The van der Waals surface area contributed by atoms with Gasteiger partial charge >= 0.3 is 0 Å². The molecule has 1 aromatic rings. The maximum atomic E-state index is 9.18. The Balaban J connectivity index is 2.35. The van der Waals surface area contributed by atoms with E-state index in [1.54, 1.807) is 0 Å².